The van der Waals surface area contributed by atoms with Gasteiger partial charge in [-0.25, -0.2) is 0 Å². The van der Waals surface area contributed by atoms with Gasteiger partial charge < -0.3 is 5.32 Å². The number of hydrogen-bond acceptors (Lipinski definition) is 4. The van der Waals surface area contributed by atoms with E-state index in [0.29, 0.717) is 6.42 Å². The number of aromatic nitrogens is 3. The van der Waals surface area contributed by atoms with E-state index < -0.39 is 0 Å². The lowest BCUT2D eigenvalue weighted by atomic mass is 9.88. The Bertz CT molecular complexity index is 594. The van der Waals surface area contributed by atoms with E-state index in [9.17, 15) is 0 Å². The van der Waals surface area contributed by atoms with E-state index in [4.69, 9.17) is 5.26 Å². The molecule has 0 aromatic carbocycles. The average molecular weight is 271 g/mol. The zero-order chi connectivity index (χ0) is 14.4. The molecule has 0 saturated carbocycles. The zero-order valence-corrected chi connectivity index (χ0v) is 12.1. The van der Waals surface area contributed by atoms with Crippen molar-refractivity contribution in [3.05, 3.63) is 30.2 Å². The fourth-order valence-electron chi connectivity index (χ4n) is 2.17. The van der Waals surface area contributed by atoms with Crippen LogP contribution < -0.4 is 5.32 Å². The Morgan fingerprint density at radius 2 is 2.20 bits per heavy atom. The lowest BCUT2D eigenvalue weighted by molar-refractivity contribution is 0.319. The maximum Gasteiger partial charge on any atom is 0.160 e. The minimum Gasteiger partial charge on any atom is -0.316 e. The highest BCUT2D eigenvalue weighted by molar-refractivity contribution is 5.36. The number of nitrogens with one attached hydrogen (secondary N) is 1. The number of fused-ring (bicyclic) bond motifs is 1. The first-order valence-electron chi connectivity index (χ1n) is 6.99. The van der Waals surface area contributed by atoms with E-state index in [2.05, 4.69) is 35.4 Å². The third-order valence-electron chi connectivity index (χ3n) is 3.43. The Hall–Kier alpha value is -1.93. The molecule has 0 aliphatic rings. The fourth-order valence-corrected chi connectivity index (χ4v) is 2.17. The minimum atomic E-state index is 0.155. The van der Waals surface area contributed by atoms with Crippen LogP contribution in [0.4, 0.5) is 0 Å². The molecule has 5 heteroatoms. The van der Waals surface area contributed by atoms with Crippen LogP contribution in [-0.4, -0.2) is 27.7 Å². The number of pyridine rings is 1. The summed E-state index contributed by atoms with van der Waals surface area (Å²) in [6.07, 6.45) is 4.37. The second kappa shape index (κ2) is 6.49. The number of nitriles is 1. The molecule has 2 rings (SSSR count). The van der Waals surface area contributed by atoms with Gasteiger partial charge in [-0.3, -0.25) is 4.40 Å². The van der Waals surface area contributed by atoms with Crippen molar-refractivity contribution >= 4 is 5.65 Å². The third kappa shape index (κ3) is 3.78. The molecule has 0 fully saturated rings. The molecule has 1 N–H and O–H groups in total. The number of hydrogen-bond donors (Lipinski definition) is 1. The summed E-state index contributed by atoms with van der Waals surface area (Å²) in [4.78, 5) is 0. The van der Waals surface area contributed by atoms with Crippen molar-refractivity contribution in [1.29, 1.82) is 5.26 Å². The van der Waals surface area contributed by atoms with Gasteiger partial charge in [-0.05, 0) is 24.0 Å². The van der Waals surface area contributed by atoms with E-state index in [-0.39, 0.29) is 5.41 Å². The van der Waals surface area contributed by atoms with Crippen LogP contribution in [0.5, 0.6) is 0 Å². The molecule has 106 valence electrons. The number of rotatable bonds is 7. The second-order valence-corrected chi connectivity index (χ2v) is 5.79. The lowest BCUT2D eigenvalue weighted by Gasteiger charge is -2.23. The average Bonchev–Trinajstić information content (AvgIpc) is 2.85. The molecule has 0 saturated heterocycles. The summed E-state index contributed by atoms with van der Waals surface area (Å²) in [6, 6.07) is 8.11. The summed E-state index contributed by atoms with van der Waals surface area (Å²) in [5.74, 6) is 0.975. The monoisotopic (exact) mass is 271 g/mol. The van der Waals surface area contributed by atoms with Crippen LogP contribution in [0.2, 0.25) is 0 Å². The SMILES string of the molecule is CC(C)(CCC#N)CNCCc1nnc2ccccn12. The molecule has 2 heterocycles. The van der Waals surface area contributed by atoms with Crippen molar-refractivity contribution in [1.82, 2.24) is 19.9 Å². The molecule has 0 amide bonds. The normalized spacial score (nSPS) is 11.7. The first kappa shape index (κ1) is 14.5. The molecule has 0 aliphatic heterocycles. The minimum absolute atomic E-state index is 0.155. The van der Waals surface area contributed by atoms with E-state index >= 15 is 0 Å². The highest BCUT2D eigenvalue weighted by atomic mass is 15.2. The largest absolute Gasteiger partial charge is 0.316 e. The van der Waals surface area contributed by atoms with Gasteiger partial charge >= 0.3 is 0 Å². The molecule has 2 aromatic heterocycles. The summed E-state index contributed by atoms with van der Waals surface area (Å²) in [7, 11) is 0. The number of nitrogens with zero attached hydrogens (tertiary/aromatic N) is 4. The first-order chi connectivity index (χ1) is 9.62. The summed E-state index contributed by atoms with van der Waals surface area (Å²) in [5, 5.41) is 20.4. The standard InChI is InChI=1S/C15H21N5/c1-15(2,8-5-9-16)12-17-10-7-14-19-18-13-6-3-4-11-20(13)14/h3-4,6,11,17H,5,7-8,10,12H2,1-2H3. The Morgan fingerprint density at radius 3 is 3.00 bits per heavy atom. The Labute approximate surface area is 119 Å². The van der Waals surface area contributed by atoms with Crippen molar-refractivity contribution in [2.75, 3.05) is 13.1 Å². The maximum absolute atomic E-state index is 8.64. The smallest absolute Gasteiger partial charge is 0.160 e. The van der Waals surface area contributed by atoms with Crippen molar-refractivity contribution in [3.63, 3.8) is 0 Å². The Morgan fingerprint density at radius 1 is 1.35 bits per heavy atom. The van der Waals surface area contributed by atoms with Crippen molar-refractivity contribution in [3.8, 4) is 6.07 Å². The van der Waals surface area contributed by atoms with Crippen LogP contribution >= 0.6 is 0 Å². The van der Waals surface area contributed by atoms with Crippen LogP contribution in [0, 0.1) is 16.7 Å². The van der Waals surface area contributed by atoms with E-state index in [1.54, 1.807) is 0 Å². The van der Waals surface area contributed by atoms with Gasteiger partial charge in [0.15, 0.2) is 5.65 Å². The van der Waals surface area contributed by atoms with Crippen LogP contribution in [0.15, 0.2) is 24.4 Å². The zero-order valence-electron chi connectivity index (χ0n) is 12.1. The van der Waals surface area contributed by atoms with E-state index in [0.717, 1.165) is 37.4 Å². The van der Waals surface area contributed by atoms with Crippen molar-refractivity contribution in [2.24, 2.45) is 5.41 Å². The molecule has 0 atom stereocenters. The molecule has 0 aliphatic carbocycles. The quantitative estimate of drug-likeness (QED) is 0.784. The van der Waals surface area contributed by atoms with Gasteiger partial charge in [-0.1, -0.05) is 19.9 Å². The summed E-state index contributed by atoms with van der Waals surface area (Å²) >= 11 is 0. The van der Waals surface area contributed by atoms with Gasteiger partial charge in [0.05, 0.1) is 6.07 Å². The fraction of sp³-hybridized carbons (Fsp3) is 0.533. The molecule has 2 aromatic rings. The van der Waals surface area contributed by atoms with Gasteiger partial charge in [0, 0.05) is 32.1 Å². The predicted octanol–water partition coefficient (Wildman–Crippen LogP) is 2.19. The molecule has 20 heavy (non-hydrogen) atoms. The van der Waals surface area contributed by atoms with Crippen LogP contribution in [0.25, 0.3) is 5.65 Å². The first-order valence-corrected chi connectivity index (χ1v) is 6.99. The summed E-state index contributed by atoms with van der Waals surface area (Å²) in [5.41, 5.74) is 1.04. The van der Waals surface area contributed by atoms with Crippen LogP contribution in [0.3, 0.4) is 0 Å². The molecule has 0 unspecified atom stereocenters. The summed E-state index contributed by atoms with van der Waals surface area (Å²) in [6.45, 7) is 6.14. The van der Waals surface area contributed by atoms with Crippen LogP contribution in [0.1, 0.15) is 32.5 Å². The molecular formula is C15H21N5. The molecule has 0 spiro atoms. The topological polar surface area (TPSA) is 66.0 Å². The Kier molecular flexibility index (Phi) is 4.70. The van der Waals surface area contributed by atoms with Crippen LogP contribution in [-0.2, 0) is 6.42 Å². The molecule has 0 bridgehead atoms. The van der Waals surface area contributed by atoms with Crippen molar-refractivity contribution in [2.45, 2.75) is 33.1 Å². The predicted molar refractivity (Wildman–Crippen MR) is 78.2 cm³/mol. The highest BCUT2D eigenvalue weighted by Crippen LogP contribution is 2.20. The highest BCUT2D eigenvalue weighted by Gasteiger charge is 2.16. The van der Waals surface area contributed by atoms with Gasteiger partial charge in [-0.2, -0.15) is 5.26 Å². The van der Waals surface area contributed by atoms with E-state index in [1.165, 1.54) is 0 Å². The second-order valence-electron chi connectivity index (χ2n) is 5.79. The lowest BCUT2D eigenvalue weighted by Crippen LogP contribution is -2.31. The van der Waals surface area contributed by atoms with Gasteiger partial charge in [0.2, 0.25) is 0 Å². The van der Waals surface area contributed by atoms with Gasteiger partial charge in [0.1, 0.15) is 5.82 Å². The van der Waals surface area contributed by atoms with Crippen molar-refractivity contribution < 1.29 is 0 Å². The summed E-state index contributed by atoms with van der Waals surface area (Å²) < 4.78 is 2.02. The van der Waals surface area contributed by atoms with Gasteiger partial charge in [-0.15, -0.1) is 10.2 Å². The molecule has 0 radical (unpaired) electrons. The molecular weight excluding hydrogens is 250 g/mol. The van der Waals surface area contributed by atoms with Gasteiger partial charge in [0.25, 0.3) is 0 Å². The third-order valence-corrected chi connectivity index (χ3v) is 3.43. The van der Waals surface area contributed by atoms with E-state index in [1.807, 2.05) is 28.8 Å². The maximum atomic E-state index is 8.64. The molecule has 5 nitrogen and oxygen atoms in total. The Balaban J connectivity index is 1.80.